The van der Waals surface area contributed by atoms with Crippen LogP contribution in [0.15, 0.2) is 53.4 Å². The van der Waals surface area contributed by atoms with E-state index >= 15 is 0 Å². The number of carbonyl (C=O) groups excluding carboxylic acids is 1. The largest absolute Gasteiger partial charge is 0.495 e. The summed E-state index contributed by atoms with van der Waals surface area (Å²) >= 11 is 1.63. The first kappa shape index (κ1) is 29.8. The van der Waals surface area contributed by atoms with Crippen LogP contribution in [0.2, 0.25) is 0 Å². The predicted molar refractivity (Wildman–Crippen MR) is 152 cm³/mol. The van der Waals surface area contributed by atoms with E-state index in [1.807, 2.05) is 35.2 Å². The molecule has 3 aromatic rings. The number of halogens is 4. The highest BCUT2D eigenvalue weighted by molar-refractivity contribution is 7.97. The molecule has 2 aliphatic rings. The van der Waals surface area contributed by atoms with Gasteiger partial charge in [-0.2, -0.15) is 13.2 Å². The Balaban J connectivity index is 1.28. The highest BCUT2D eigenvalue weighted by atomic mass is 32.2. The smallest absolute Gasteiger partial charge is 0.417 e. The van der Waals surface area contributed by atoms with Crippen LogP contribution in [0.3, 0.4) is 0 Å². The van der Waals surface area contributed by atoms with Crippen molar-refractivity contribution in [3.8, 4) is 17.2 Å². The highest BCUT2D eigenvalue weighted by Gasteiger charge is 2.37. The van der Waals surface area contributed by atoms with Crippen molar-refractivity contribution in [2.45, 2.75) is 24.0 Å². The fourth-order valence-electron chi connectivity index (χ4n) is 5.32. The first-order valence-electron chi connectivity index (χ1n) is 13.4. The van der Waals surface area contributed by atoms with E-state index in [9.17, 15) is 22.4 Å². The molecular formula is C30H31F4N3O4S. The van der Waals surface area contributed by atoms with Crippen LogP contribution >= 0.6 is 11.9 Å². The summed E-state index contributed by atoms with van der Waals surface area (Å²) in [6.07, 6.45) is -3.90. The molecule has 2 aliphatic heterocycles. The third-order valence-electron chi connectivity index (χ3n) is 7.49. The first-order valence-corrected chi connectivity index (χ1v) is 14.1. The Bertz CT molecular complexity index is 1460. The molecule has 0 radical (unpaired) electrons. The zero-order valence-electron chi connectivity index (χ0n) is 23.5. The summed E-state index contributed by atoms with van der Waals surface area (Å²) in [7, 11) is 4.83. The summed E-state index contributed by atoms with van der Waals surface area (Å²) in [6, 6.07) is 11.9. The number of hydrogen-bond acceptors (Lipinski definition) is 7. The lowest BCUT2D eigenvalue weighted by atomic mass is 10.0. The number of carbonyl (C=O) groups is 1. The quantitative estimate of drug-likeness (QED) is 0.246. The molecule has 1 saturated heterocycles. The van der Waals surface area contributed by atoms with Crippen molar-refractivity contribution in [3.63, 3.8) is 0 Å². The van der Waals surface area contributed by atoms with E-state index in [2.05, 4.69) is 4.31 Å². The Hall–Kier alpha value is -3.64. The molecule has 0 aromatic heterocycles. The molecule has 5 rings (SSSR count). The predicted octanol–water partition coefficient (Wildman–Crippen LogP) is 5.90. The Morgan fingerprint density at radius 3 is 2.12 bits per heavy atom. The zero-order chi connectivity index (χ0) is 30.0. The summed E-state index contributed by atoms with van der Waals surface area (Å²) in [4.78, 5) is 17.4. The van der Waals surface area contributed by atoms with E-state index in [0.29, 0.717) is 42.8 Å². The minimum absolute atomic E-state index is 0.182. The van der Waals surface area contributed by atoms with Crippen LogP contribution in [0.5, 0.6) is 17.2 Å². The number of fused-ring (bicyclic) bond motifs is 1. The molecule has 12 heteroatoms. The maximum absolute atomic E-state index is 13.8. The van der Waals surface area contributed by atoms with E-state index < -0.39 is 29.0 Å². The van der Waals surface area contributed by atoms with E-state index in [1.165, 1.54) is 16.0 Å². The van der Waals surface area contributed by atoms with Crippen LogP contribution in [0.1, 0.15) is 27.0 Å². The van der Waals surface area contributed by atoms with Crippen molar-refractivity contribution in [1.29, 1.82) is 0 Å². The number of anilines is 1. The van der Waals surface area contributed by atoms with Gasteiger partial charge in [-0.15, -0.1) is 0 Å². The maximum atomic E-state index is 13.8. The van der Waals surface area contributed by atoms with Crippen LogP contribution in [-0.2, 0) is 19.1 Å². The van der Waals surface area contributed by atoms with Gasteiger partial charge in [0.15, 0.2) is 11.5 Å². The number of methoxy groups -OCH3 is 3. The summed E-state index contributed by atoms with van der Waals surface area (Å²) in [5.41, 5.74) is 1.42. The standard InChI is InChI=1S/C30H31F4N3O4S/c1-39-26-7-5-22(42-37-9-8-19-14-27(40-2)28(41-3)15-20(19)18-37)17-25(26)35-10-12-36(13-11-35)29(38)23-16-21(31)4-6-24(23)30(32,33)34/h4-7,14-17H,8-13,18H2,1-3H3. The van der Waals surface area contributed by atoms with Crippen LogP contribution < -0.4 is 19.1 Å². The fourth-order valence-corrected chi connectivity index (χ4v) is 6.30. The molecule has 1 fully saturated rings. The van der Waals surface area contributed by atoms with Crippen LogP contribution in [0.4, 0.5) is 23.2 Å². The number of alkyl halides is 3. The van der Waals surface area contributed by atoms with E-state index in [-0.39, 0.29) is 13.1 Å². The van der Waals surface area contributed by atoms with Crippen molar-refractivity contribution in [2.75, 3.05) is 59.0 Å². The van der Waals surface area contributed by atoms with Gasteiger partial charge in [-0.1, -0.05) is 0 Å². The normalized spacial score (nSPS) is 15.8. The van der Waals surface area contributed by atoms with Gasteiger partial charge >= 0.3 is 6.18 Å². The summed E-state index contributed by atoms with van der Waals surface area (Å²) in [6.45, 7) is 2.69. The fraction of sp³-hybridized carbons (Fsp3) is 0.367. The third kappa shape index (κ3) is 6.24. The van der Waals surface area contributed by atoms with Gasteiger partial charge in [0, 0.05) is 44.2 Å². The van der Waals surface area contributed by atoms with Crippen molar-refractivity contribution in [3.05, 3.63) is 76.6 Å². The van der Waals surface area contributed by atoms with E-state index in [1.54, 1.807) is 33.3 Å². The molecular weight excluding hydrogens is 574 g/mol. The zero-order valence-corrected chi connectivity index (χ0v) is 24.3. The number of nitrogens with zero attached hydrogens (tertiary/aromatic N) is 3. The number of hydrogen-bond donors (Lipinski definition) is 0. The molecule has 0 aliphatic carbocycles. The lowest BCUT2D eigenvalue weighted by Crippen LogP contribution is -2.49. The maximum Gasteiger partial charge on any atom is 0.417 e. The number of rotatable bonds is 7. The minimum Gasteiger partial charge on any atom is -0.495 e. The van der Waals surface area contributed by atoms with E-state index in [4.69, 9.17) is 14.2 Å². The Morgan fingerprint density at radius 2 is 1.48 bits per heavy atom. The van der Waals surface area contributed by atoms with Gasteiger partial charge in [0.1, 0.15) is 11.6 Å². The van der Waals surface area contributed by atoms with Gasteiger partial charge in [0.2, 0.25) is 0 Å². The van der Waals surface area contributed by atoms with Crippen LogP contribution in [0.25, 0.3) is 0 Å². The summed E-state index contributed by atoms with van der Waals surface area (Å²) in [5.74, 6) is 0.345. The number of benzene rings is 3. The molecule has 0 atom stereocenters. The molecule has 1 amide bonds. The average molecular weight is 606 g/mol. The third-order valence-corrected chi connectivity index (χ3v) is 8.53. The van der Waals surface area contributed by atoms with Gasteiger partial charge < -0.3 is 24.0 Å². The number of piperazine rings is 1. The minimum atomic E-state index is -4.76. The lowest BCUT2D eigenvalue weighted by Gasteiger charge is -2.37. The van der Waals surface area contributed by atoms with Gasteiger partial charge in [-0.05, 0) is 78.0 Å². The Morgan fingerprint density at radius 1 is 0.810 bits per heavy atom. The molecule has 3 aromatic carbocycles. The molecule has 2 heterocycles. The highest BCUT2D eigenvalue weighted by Crippen LogP contribution is 2.39. The topological polar surface area (TPSA) is 54.5 Å². The first-order chi connectivity index (χ1) is 20.1. The van der Waals surface area contributed by atoms with Crippen LogP contribution in [0, 0.1) is 5.82 Å². The van der Waals surface area contributed by atoms with Crippen molar-refractivity contribution < 1.29 is 36.6 Å². The van der Waals surface area contributed by atoms with E-state index in [0.717, 1.165) is 35.8 Å². The lowest BCUT2D eigenvalue weighted by molar-refractivity contribution is -0.138. The van der Waals surface area contributed by atoms with Crippen molar-refractivity contribution >= 4 is 23.5 Å². The molecule has 0 saturated carbocycles. The van der Waals surface area contributed by atoms with Gasteiger partial charge in [-0.3, -0.25) is 4.79 Å². The van der Waals surface area contributed by atoms with Crippen molar-refractivity contribution in [2.24, 2.45) is 0 Å². The molecule has 0 spiro atoms. The molecule has 0 bridgehead atoms. The van der Waals surface area contributed by atoms with Crippen molar-refractivity contribution in [1.82, 2.24) is 9.21 Å². The molecule has 224 valence electrons. The molecule has 42 heavy (non-hydrogen) atoms. The summed E-state index contributed by atoms with van der Waals surface area (Å²) < 4.78 is 73.1. The molecule has 7 nitrogen and oxygen atoms in total. The monoisotopic (exact) mass is 605 g/mol. The molecule has 0 unspecified atom stereocenters. The Labute approximate surface area is 246 Å². The SMILES string of the molecule is COc1cc2c(cc1OC)CN(Sc1ccc(OC)c(N3CCN(C(=O)c4cc(F)ccc4C(F)(F)F)CC3)c1)CC2. The van der Waals surface area contributed by atoms with Gasteiger partial charge in [-0.25, -0.2) is 8.70 Å². The second-order valence-electron chi connectivity index (χ2n) is 9.98. The second-order valence-corrected chi connectivity index (χ2v) is 11.2. The number of amides is 1. The second kappa shape index (κ2) is 12.3. The van der Waals surface area contributed by atoms with Crippen LogP contribution in [-0.4, -0.2) is 69.2 Å². The average Bonchev–Trinajstić information content (AvgIpc) is 2.99. The van der Waals surface area contributed by atoms with Gasteiger partial charge in [0.05, 0.1) is 38.1 Å². The van der Waals surface area contributed by atoms with Gasteiger partial charge in [0.25, 0.3) is 5.91 Å². The molecule has 0 N–H and O–H groups in total. The Kier molecular flexibility index (Phi) is 8.74. The summed E-state index contributed by atoms with van der Waals surface area (Å²) in [5, 5.41) is 0. The number of ether oxygens (including phenoxy) is 3.